The van der Waals surface area contributed by atoms with Crippen LogP contribution < -0.4 is 0 Å². The lowest BCUT2D eigenvalue weighted by molar-refractivity contribution is 0.907. The molecule has 5 heteroatoms. The van der Waals surface area contributed by atoms with Crippen LogP contribution in [0.3, 0.4) is 0 Å². The summed E-state index contributed by atoms with van der Waals surface area (Å²) in [5, 5.41) is 8.11. The van der Waals surface area contributed by atoms with Gasteiger partial charge < -0.3 is 4.57 Å². The van der Waals surface area contributed by atoms with Crippen LogP contribution in [0.2, 0.25) is 5.02 Å². The van der Waals surface area contributed by atoms with Crippen molar-refractivity contribution < 1.29 is 0 Å². The Bertz CT molecular complexity index is 394. The molecule has 4 nitrogen and oxygen atoms in total. The van der Waals surface area contributed by atoms with Gasteiger partial charge in [-0.3, -0.25) is 0 Å². The van der Waals surface area contributed by atoms with E-state index in [4.69, 9.17) is 11.6 Å². The fraction of sp³-hybridized carbons (Fsp3) is 0.167. The lowest BCUT2D eigenvalue weighted by Crippen LogP contribution is -1.89. The molecule has 0 fully saturated rings. The van der Waals surface area contributed by atoms with Crippen molar-refractivity contribution >= 4 is 22.8 Å². The molecule has 56 valence electrons. The van der Waals surface area contributed by atoms with Gasteiger partial charge in [0.25, 0.3) is 0 Å². The molecule has 0 aliphatic rings. The number of rotatable bonds is 0. The molecular formula is C6H5ClN4. The molecule has 0 unspecified atom stereocenters. The smallest absolute Gasteiger partial charge is 0.183 e. The Morgan fingerprint density at radius 2 is 2.36 bits per heavy atom. The van der Waals surface area contributed by atoms with Crippen LogP contribution in [0.25, 0.3) is 11.2 Å². The number of hydrogen-bond acceptors (Lipinski definition) is 3. The second kappa shape index (κ2) is 2.17. The van der Waals surface area contributed by atoms with Crippen LogP contribution in [0.4, 0.5) is 0 Å². The molecule has 0 saturated carbocycles. The Kier molecular flexibility index (Phi) is 1.29. The fourth-order valence-corrected chi connectivity index (χ4v) is 1.08. The predicted molar refractivity (Wildman–Crippen MR) is 41.3 cm³/mol. The first kappa shape index (κ1) is 6.54. The van der Waals surface area contributed by atoms with E-state index >= 15 is 0 Å². The van der Waals surface area contributed by atoms with Crippen LogP contribution in [0, 0.1) is 0 Å². The quantitative estimate of drug-likeness (QED) is 0.590. The molecule has 0 radical (unpaired) electrons. The van der Waals surface area contributed by atoms with Crippen molar-refractivity contribution in [1.29, 1.82) is 0 Å². The van der Waals surface area contributed by atoms with Crippen molar-refractivity contribution in [2.24, 2.45) is 7.05 Å². The van der Waals surface area contributed by atoms with Gasteiger partial charge in [-0.1, -0.05) is 11.6 Å². The highest BCUT2D eigenvalue weighted by atomic mass is 35.5. The summed E-state index contributed by atoms with van der Waals surface area (Å²) in [7, 11) is 1.85. The molecule has 2 rings (SSSR count). The minimum Gasteiger partial charge on any atom is -0.317 e. The van der Waals surface area contributed by atoms with E-state index in [1.807, 2.05) is 7.05 Å². The summed E-state index contributed by atoms with van der Waals surface area (Å²) in [5.74, 6) is 0. The lowest BCUT2D eigenvalue weighted by Gasteiger charge is -1.90. The van der Waals surface area contributed by atoms with Crippen LogP contribution in [0.1, 0.15) is 0 Å². The van der Waals surface area contributed by atoms with Gasteiger partial charge in [-0.25, -0.2) is 4.98 Å². The third-order valence-electron chi connectivity index (χ3n) is 1.46. The Balaban J connectivity index is 2.94. The number of aryl methyl sites for hydroxylation is 1. The number of nitrogens with zero attached hydrogens (tertiary/aromatic N) is 4. The van der Waals surface area contributed by atoms with E-state index in [9.17, 15) is 0 Å². The largest absolute Gasteiger partial charge is 0.317 e. The molecule has 0 bridgehead atoms. The van der Waals surface area contributed by atoms with Gasteiger partial charge in [-0.05, 0) is 0 Å². The molecule has 0 saturated heterocycles. The van der Waals surface area contributed by atoms with E-state index in [0.717, 1.165) is 0 Å². The van der Waals surface area contributed by atoms with Crippen LogP contribution in [-0.4, -0.2) is 19.7 Å². The predicted octanol–water partition coefficient (Wildman–Crippen LogP) is 1.02. The van der Waals surface area contributed by atoms with Gasteiger partial charge in [0.1, 0.15) is 5.52 Å². The van der Waals surface area contributed by atoms with Crippen LogP contribution >= 0.6 is 11.6 Å². The first-order valence-corrected chi connectivity index (χ1v) is 3.45. The summed E-state index contributed by atoms with van der Waals surface area (Å²) < 4.78 is 1.77. The third-order valence-corrected chi connectivity index (χ3v) is 1.73. The fourth-order valence-electron chi connectivity index (χ4n) is 0.906. The van der Waals surface area contributed by atoms with Gasteiger partial charge in [-0.15, -0.1) is 5.10 Å². The van der Waals surface area contributed by atoms with Crippen molar-refractivity contribution in [2.45, 2.75) is 0 Å². The number of imidazole rings is 1. The van der Waals surface area contributed by atoms with E-state index in [2.05, 4.69) is 15.2 Å². The van der Waals surface area contributed by atoms with Crippen molar-refractivity contribution in [3.8, 4) is 0 Å². The molecule has 2 aromatic heterocycles. The molecule has 11 heavy (non-hydrogen) atoms. The molecule has 0 amide bonds. The van der Waals surface area contributed by atoms with Crippen molar-refractivity contribution in [3.63, 3.8) is 0 Å². The highest BCUT2D eigenvalue weighted by Crippen LogP contribution is 2.16. The number of hydrogen-bond donors (Lipinski definition) is 0. The molecule has 0 N–H and O–H groups in total. The normalized spacial score (nSPS) is 10.7. The molecule has 2 heterocycles. The molecule has 0 aromatic carbocycles. The molecule has 0 atom stereocenters. The minimum absolute atomic E-state index is 0.538. The Morgan fingerprint density at radius 3 is 3.09 bits per heavy atom. The Morgan fingerprint density at radius 1 is 1.55 bits per heavy atom. The van der Waals surface area contributed by atoms with Crippen molar-refractivity contribution in [1.82, 2.24) is 19.7 Å². The zero-order valence-corrected chi connectivity index (χ0v) is 6.58. The third kappa shape index (κ3) is 0.867. The maximum absolute atomic E-state index is 5.79. The van der Waals surface area contributed by atoms with Crippen LogP contribution in [-0.2, 0) is 7.05 Å². The monoisotopic (exact) mass is 168 g/mol. The highest BCUT2D eigenvalue weighted by molar-refractivity contribution is 6.34. The Labute approximate surface area is 67.8 Å². The molecular weight excluding hydrogens is 164 g/mol. The van der Waals surface area contributed by atoms with Crippen LogP contribution in [0.15, 0.2) is 12.5 Å². The minimum atomic E-state index is 0.538. The number of aromatic nitrogens is 4. The number of halogens is 1. The van der Waals surface area contributed by atoms with Crippen molar-refractivity contribution in [2.75, 3.05) is 0 Å². The summed E-state index contributed by atoms with van der Waals surface area (Å²) in [6, 6.07) is 0. The van der Waals surface area contributed by atoms with E-state index in [1.165, 1.54) is 6.20 Å². The van der Waals surface area contributed by atoms with Gasteiger partial charge in [0.2, 0.25) is 0 Å². The first-order chi connectivity index (χ1) is 5.29. The summed E-state index contributed by atoms with van der Waals surface area (Å²) >= 11 is 5.79. The lowest BCUT2D eigenvalue weighted by atomic mass is 10.5. The number of fused-ring (bicyclic) bond motifs is 1. The summed E-state index contributed by atoms with van der Waals surface area (Å²) in [6.07, 6.45) is 3.14. The standard InChI is InChI=1S/C6H5ClN4/c1-11-3-8-5-4(7)2-9-10-6(5)11/h2-3H,1H3. The molecule has 0 aliphatic carbocycles. The van der Waals surface area contributed by atoms with E-state index < -0.39 is 0 Å². The maximum Gasteiger partial charge on any atom is 0.183 e. The first-order valence-electron chi connectivity index (χ1n) is 3.07. The summed E-state index contributed by atoms with van der Waals surface area (Å²) in [5.41, 5.74) is 1.40. The van der Waals surface area contributed by atoms with Gasteiger partial charge >= 0.3 is 0 Å². The van der Waals surface area contributed by atoms with Crippen molar-refractivity contribution in [3.05, 3.63) is 17.5 Å². The average Bonchev–Trinajstić information content (AvgIpc) is 2.35. The highest BCUT2D eigenvalue weighted by Gasteiger charge is 2.04. The second-order valence-corrected chi connectivity index (χ2v) is 2.63. The zero-order chi connectivity index (χ0) is 7.84. The van der Waals surface area contributed by atoms with E-state index in [0.29, 0.717) is 16.2 Å². The zero-order valence-electron chi connectivity index (χ0n) is 5.82. The maximum atomic E-state index is 5.79. The van der Waals surface area contributed by atoms with Gasteiger partial charge in [0.15, 0.2) is 5.65 Å². The van der Waals surface area contributed by atoms with E-state index in [-0.39, 0.29) is 0 Å². The van der Waals surface area contributed by atoms with Gasteiger partial charge in [0, 0.05) is 7.05 Å². The molecule has 0 spiro atoms. The molecule has 0 aliphatic heterocycles. The SMILES string of the molecule is Cn1cnc2c(Cl)cnnc21. The Hall–Kier alpha value is -1.16. The van der Waals surface area contributed by atoms with E-state index in [1.54, 1.807) is 10.9 Å². The molecule has 2 aromatic rings. The van der Waals surface area contributed by atoms with Crippen LogP contribution in [0.5, 0.6) is 0 Å². The average molecular weight is 169 g/mol. The summed E-state index contributed by atoms with van der Waals surface area (Å²) in [6.45, 7) is 0. The second-order valence-electron chi connectivity index (χ2n) is 2.22. The topological polar surface area (TPSA) is 43.6 Å². The van der Waals surface area contributed by atoms with Gasteiger partial charge in [-0.2, -0.15) is 5.10 Å². The summed E-state index contributed by atoms with van der Waals surface area (Å²) in [4.78, 5) is 4.05. The van der Waals surface area contributed by atoms with Gasteiger partial charge in [0.05, 0.1) is 17.5 Å².